The van der Waals surface area contributed by atoms with Gasteiger partial charge in [-0.15, -0.1) is 0 Å². The third-order valence-electron chi connectivity index (χ3n) is 5.28. The Bertz CT molecular complexity index is 1120. The molecule has 1 aliphatic rings. The van der Waals surface area contributed by atoms with Gasteiger partial charge in [0.25, 0.3) is 5.91 Å². The first-order valence-corrected chi connectivity index (χ1v) is 10.0. The summed E-state index contributed by atoms with van der Waals surface area (Å²) in [7, 11) is 1.55. The molecular formula is C23H22F3N5O2. The Kier molecular flexibility index (Phi) is 7.04. The van der Waals surface area contributed by atoms with Gasteiger partial charge in [-0.05, 0) is 41.6 Å². The number of hydrogen-bond acceptors (Lipinski definition) is 5. The van der Waals surface area contributed by atoms with Crippen LogP contribution < -0.4 is 16.4 Å². The average Bonchev–Trinajstić information content (AvgIpc) is 2.78. The molecule has 1 aliphatic heterocycles. The molecule has 0 radical (unpaired) electrons. The Morgan fingerprint density at radius 1 is 1.24 bits per heavy atom. The molecule has 172 valence electrons. The predicted octanol–water partition coefficient (Wildman–Crippen LogP) is 2.73. The highest BCUT2D eigenvalue weighted by Crippen LogP contribution is 2.39. The highest BCUT2D eigenvalue weighted by Gasteiger charge is 2.48. The van der Waals surface area contributed by atoms with Crippen molar-refractivity contribution in [1.82, 2.24) is 10.2 Å². The molecule has 0 saturated carbocycles. The van der Waals surface area contributed by atoms with Gasteiger partial charge in [0.2, 0.25) is 5.91 Å². The predicted molar refractivity (Wildman–Crippen MR) is 116 cm³/mol. The highest BCUT2D eigenvalue weighted by atomic mass is 19.4. The fourth-order valence-corrected chi connectivity index (χ4v) is 3.99. The molecule has 0 aromatic heterocycles. The summed E-state index contributed by atoms with van der Waals surface area (Å²) in [5, 5.41) is 14.5. The van der Waals surface area contributed by atoms with E-state index < -0.39 is 36.5 Å². The average molecular weight is 457 g/mol. The molecular weight excluding hydrogens is 435 g/mol. The maximum atomic E-state index is 13.5. The number of alkyl halides is 3. The minimum atomic E-state index is -4.69. The number of rotatable bonds is 6. The molecule has 2 amide bonds. The first-order chi connectivity index (χ1) is 15.7. The maximum absolute atomic E-state index is 13.5. The molecule has 0 bridgehead atoms. The van der Waals surface area contributed by atoms with Crippen molar-refractivity contribution in [2.45, 2.75) is 18.1 Å². The van der Waals surface area contributed by atoms with Crippen LogP contribution in [0.15, 0.2) is 60.3 Å². The van der Waals surface area contributed by atoms with Gasteiger partial charge in [-0.1, -0.05) is 24.3 Å². The standard InChI is InChI=1S/C23H22F3N5O2/c1-29-12-15(11-28)20-19(21(32)30-16-6-4-5-14(9-16)10-27)17-7-2-3-8-18(17)22(33)31(20)13-23(24,25)26/h2-9,12,19-20,29H,11,13,28H2,1H3,(H,30,32)/b15-12+/t19-,20+/m0/s1. The number of amides is 2. The monoisotopic (exact) mass is 457 g/mol. The smallest absolute Gasteiger partial charge is 0.394 e. The molecule has 2 atom stereocenters. The Morgan fingerprint density at radius 3 is 2.61 bits per heavy atom. The van der Waals surface area contributed by atoms with Crippen LogP contribution in [-0.2, 0) is 4.79 Å². The molecule has 10 heteroatoms. The van der Waals surface area contributed by atoms with E-state index in [1.165, 1.54) is 24.4 Å². The van der Waals surface area contributed by atoms with Crippen LogP contribution in [0.4, 0.5) is 18.9 Å². The van der Waals surface area contributed by atoms with E-state index in [2.05, 4.69) is 10.6 Å². The zero-order chi connectivity index (χ0) is 24.2. The second kappa shape index (κ2) is 9.75. The summed E-state index contributed by atoms with van der Waals surface area (Å²) >= 11 is 0. The summed E-state index contributed by atoms with van der Waals surface area (Å²) in [6.45, 7) is -1.72. The fraction of sp³-hybridized carbons (Fsp3) is 0.261. The molecule has 0 fully saturated rings. The van der Waals surface area contributed by atoms with Gasteiger partial charge < -0.3 is 21.3 Å². The van der Waals surface area contributed by atoms with Crippen molar-refractivity contribution in [3.63, 3.8) is 0 Å². The number of nitrogens with one attached hydrogen (secondary N) is 2. The van der Waals surface area contributed by atoms with Crippen molar-refractivity contribution in [3.05, 3.63) is 77.0 Å². The summed E-state index contributed by atoms with van der Waals surface area (Å²) < 4.78 is 40.4. The van der Waals surface area contributed by atoms with Crippen molar-refractivity contribution in [2.75, 3.05) is 25.5 Å². The van der Waals surface area contributed by atoms with Crippen LogP contribution in [-0.4, -0.2) is 49.1 Å². The number of carbonyl (C=O) groups is 2. The maximum Gasteiger partial charge on any atom is 0.406 e. The second-order valence-electron chi connectivity index (χ2n) is 7.45. The quantitative estimate of drug-likeness (QED) is 0.618. The molecule has 0 saturated heterocycles. The molecule has 2 aromatic carbocycles. The van der Waals surface area contributed by atoms with Crippen LogP contribution in [0.1, 0.15) is 27.4 Å². The summed E-state index contributed by atoms with van der Waals surface area (Å²) in [6, 6.07) is 12.9. The van der Waals surface area contributed by atoms with Crippen molar-refractivity contribution in [2.24, 2.45) is 5.73 Å². The number of nitrogens with two attached hydrogens (primary N) is 1. The van der Waals surface area contributed by atoms with E-state index in [1.54, 1.807) is 37.4 Å². The Morgan fingerprint density at radius 2 is 1.97 bits per heavy atom. The lowest BCUT2D eigenvalue weighted by molar-refractivity contribution is -0.146. The summed E-state index contributed by atoms with van der Waals surface area (Å²) in [5.41, 5.74) is 7.03. The van der Waals surface area contributed by atoms with Crippen molar-refractivity contribution >= 4 is 17.5 Å². The number of halogens is 3. The number of hydrogen-bond donors (Lipinski definition) is 3. The number of nitrogens with zero attached hydrogens (tertiary/aromatic N) is 2. The van der Waals surface area contributed by atoms with Crippen LogP contribution in [0.25, 0.3) is 0 Å². The highest BCUT2D eigenvalue weighted by molar-refractivity contribution is 6.04. The van der Waals surface area contributed by atoms with Crippen molar-refractivity contribution < 1.29 is 22.8 Å². The number of anilines is 1. The van der Waals surface area contributed by atoms with Gasteiger partial charge in [-0.2, -0.15) is 18.4 Å². The number of nitriles is 1. The molecule has 0 spiro atoms. The molecule has 33 heavy (non-hydrogen) atoms. The summed E-state index contributed by atoms with van der Waals surface area (Å²) in [5.74, 6) is -2.63. The van der Waals surface area contributed by atoms with E-state index in [4.69, 9.17) is 11.0 Å². The van der Waals surface area contributed by atoms with Crippen LogP contribution in [0, 0.1) is 11.3 Å². The van der Waals surface area contributed by atoms with Crippen LogP contribution in [0.5, 0.6) is 0 Å². The lowest BCUT2D eigenvalue weighted by Gasteiger charge is -2.42. The zero-order valence-corrected chi connectivity index (χ0v) is 17.7. The fourth-order valence-electron chi connectivity index (χ4n) is 3.99. The minimum Gasteiger partial charge on any atom is -0.394 e. The van der Waals surface area contributed by atoms with E-state index in [0.717, 1.165) is 0 Å². The van der Waals surface area contributed by atoms with Gasteiger partial charge in [0.05, 0.1) is 23.6 Å². The largest absolute Gasteiger partial charge is 0.406 e. The minimum absolute atomic E-state index is 0.0183. The molecule has 0 unspecified atom stereocenters. The Labute approximate surface area is 188 Å². The molecule has 3 rings (SSSR count). The van der Waals surface area contributed by atoms with Gasteiger partial charge in [-0.25, -0.2) is 0 Å². The zero-order valence-electron chi connectivity index (χ0n) is 17.7. The summed E-state index contributed by atoms with van der Waals surface area (Å²) in [4.78, 5) is 27.2. The van der Waals surface area contributed by atoms with E-state index >= 15 is 0 Å². The van der Waals surface area contributed by atoms with Crippen LogP contribution >= 0.6 is 0 Å². The van der Waals surface area contributed by atoms with Gasteiger partial charge in [0.15, 0.2) is 0 Å². The van der Waals surface area contributed by atoms with Crippen LogP contribution in [0.3, 0.4) is 0 Å². The molecule has 2 aromatic rings. The van der Waals surface area contributed by atoms with Gasteiger partial charge in [0, 0.05) is 24.8 Å². The molecule has 0 aliphatic carbocycles. The number of fused-ring (bicyclic) bond motifs is 1. The van der Waals surface area contributed by atoms with Gasteiger partial charge in [0.1, 0.15) is 6.54 Å². The van der Waals surface area contributed by atoms with E-state index in [-0.39, 0.29) is 17.7 Å². The topological polar surface area (TPSA) is 111 Å². The van der Waals surface area contributed by atoms with E-state index in [0.29, 0.717) is 21.7 Å². The van der Waals surface area contributed by atoms with Gasteiger partial charge in [-0.3, -0.25) is 9.59 Å². The van der Waals surface area contributed by atoms with Gasteiger partial charge >= 0.3 is 6.18 Å². The first-order valence-electron chi connectivity index (χ1n) is 10.0. The first kappa shape index (κ1) is 23.8. The van der Waals surface area contributed by atoms with E-state index in [9.17, 15) is 22.8 Å². The van der Waals surface area contributed by atoms with Crippen molar-refractivity contribution in [3.8, 4) is 6.07 Å². The third-order valence-corrected chi connectivity index (χ3v) is 5.28. The number of carbonyl (C=O) groups excluding carboxylic acids is 2. The third kappa shape index (κ3) is 5.15. The summed E-state index contributed by atoms with van der Waals surface area (Å²) in [6.07, 6.45) is -3.28. The second-order valence-corrected chi connectivity index (χ2v) is 7.45. The normalized spacial score (nSPS) is 18.4. The Balaban J connectivity index is 2.16. The molecule has 4 N–H and O–H groups in total. The van der Waals surface area contributed by atoms with E-state index in [1.807, 2.05) is 6.07 Å². The van der Waals surface area contributed by atoms with Crippen LogP contribution in [0.2, 0.25) is 0 Å². The molecule has 7 nitrogen and oxygen atoms in total. The lowest BCUT2D eigenvalue weighted by atomic mass is 9.79. The van der Waals surface area contributed by atoms with Crippen molar-refractivity contribution in [1.29, 1.82) is 5.26 Å². The molecule has 1 heterocycles. The SMILES string of the molecule is CN/C=C(\CN)[C@@H]1[C@@H](C(=O)Nc2cccc(C#N)c2)c2ccccc2C(=O)N1CC(F)(F)F. The number of benzene rings is 2. The lowest BCUT2D eigenvalue weighted by Crippen LogP contribution is -2.55. The Hall–Kier alpha value is -3.84.